The standard InChI is InChI=1S/C22H34N4O2/c1-17(2)23-22(28)26-11-5-9-20(16-26)18-7-4-8-19(15-18)21(27)25-12-6-10-24(3)13-14-25/h4,7-8,15,17,20H,5-6,9-14,16H2,1-3H3,(H,23,28)/t20-/m0/s1. The minimum absolute atomic E-state index is 0.0145. The zero-order valence-corrected chi connectivity index (χ0v) is 17.5. The second-order valence-electron chi connectivity index (χ2n) is 8.46. The third-order valence-corrected chi connectivity index (χ3v) is 5.73. The van der Waals surface area contributed by atoms with Crippen molar-refractivity contribution in [2.75, 3.05) is 46.3 Å². The third kappa shape index (κ3) is 5.25. The molecular formula is C22H34N4O2. The fourth-order valence-electron chi connectivity index (χ4n) is 4.13. The van der Waals surface area contributed by atoms with Gasteiger partial charge in [-0.2, -0.15) is 0 Å². The van der Waals surface area contributed by atoms with Gasteiger partial charge in [0.1, 0.15) is 0 Å². The summed E-state index contributed by atoms with van der Waals surface area (Å²) in [7, 11) is 2.11. The molecule has 2 saturated heterocycles. The molecule has 3 rings (SSSR count). The summed E-state index contributed by atoms with van der Waals surface area (Å²) < 4.78 is 0. The molecule has 6 heteroatoms. The normalized spacial score (nSPS) is 21.5. The predicted octanol–water partition coefficient (Wildman–Crippen LogP) is 2.76. The first-order chi connectivity index (χ1) is 13.4. The first-order valence-electron chi connectivity index (χ1n) is 10.6. The number of nitrogens with zero attached hydrogens (tertiary/aromatic N) is 3. The number of carbonyl (C=O) groups is 2. The Hall–Kier alpha value is -2.08. The quantitative estimate of drug-likeness (QED) is 0.869. The molecule has 3 amide bonds. The van der Waals surface area contributed by atoms with Crippen molar-refractivity contribution < 1.29 is 9.59 Å². The van der Waals surface area contributed by atoms with E-state index in [2.05, 4.69) is 23.3 Å². The maximum absolute atomic E-state index is 13.0. The number of hydrogen-bond acceptors (Lipinski definition) is 3. The van der Waals surface area contributed by atoms with E-state index >= 15 is 0 Å². The number of hydrogen-bond donors (Lipinski definition) is 1. The molecule has 2 fully saturated rings. The molecule has 0 unspecified atom stereocenters. The van der Waals surface area contributed by atoms with Gasteiger partial charge in [-0.05, 0) is 64.4 Å². The lowest BCUT2D eigenvalue weighted by Gasteiger charge is -2.33. The zero-order chi connectivity index (χ0) is 20.1. The SMILES string of the molecule is CC(C)NC(=O)N1CCC[C@H](c2cccc(C(=O)N3CCCN(C)CC3)c2)C1. The highest BCUT2D eigenvalue weighted by molar-refractivity contribution is 5.94. The monoisotopic (exact) mass is 386 g/mol. The van der Waals surface area contributed by atoms with E-state index in [1.54, 1.807) is 0 Å². The number of likely N-dealkylation sites (N-methyl/N-ethyl adjacent to an activating group) is 1. The van der Waals surface area contributed by atoms with E-state index in [-0.39, 0.29) is 23.9 Å². The highest BCUT2D eigenvalue weighted by atomic mass is 16.2. The molecule has 0 radical (unpaired) electrons. The molecule has 1 atom stereocenters. The summed E-state index contributed by atoms with van der Waals surface area (Å²) in [5.74, 6) is 0.414. The highest BCUT2D eigenvalue weighted by Gasteiger charge is 2.26. The second-order valence-corrected chi connectivity index (χ2v) is 8.46. The van der Waals surface area contributed by atoms with Crippen molar-refractivity contribution in [3.8, 4) is 0 Å². The molecule has 2 heterocycles. The van der Waals surface area contributed by atoms with Crippen LogP contribution in [0.25, 0.3) is 0 Å². The molecule has 0 saturated carbocycles. The summed E-state index contributed by atoms with van der Waals surface area (Å²) in [6.07, 6.45) is 3.06. The van der Waals surface area contributed by atoms with Crippen LogP contribution in [-0.4, -0.2) is 79.0 Å². The molecule has 6 nitrogen and oxygen atoms in total. The lowest BCUT2D eigenvalue weighted by molar-refractivity contribution is 0.0762. The van der Waals surface area contributed by atoms with E-state index in [1.165, 1.54) is 5.56 Å². The average Bonchev–Trinajstić information content (AvgIpc) is 2.91. The number of amides is 3. The van der Waals surface area contributed by atoms with Crippen molar-refractivity contribution in [3.63, 3.8) is 0 Å². The van der Waals surface area contributed by atoms with Gasteiger partial charge >= 0.3 is 6.03 Å². The summed E-state index contributed by atoms with van der Waals surface area (Å²) in [5, 5.41) is 2.99. The van der Waals surface area contributed by atoms with Gasteiger partial charge in [0.05, 0.1) is 0 Å². The highest BCUT2D eigenvalue weighted by Crippen LogP contribution is 2.28. The van der Waals surface area contributed by atoms with E-state index in [4.69, 9.17) is 0 Å². The number of urea groups is 1. The number of benzene rings is 1. The maximum atomic E-state index is 13.0. The second kappa shape index (κ2) is 9.41. The average molecular weight is 387 g/mol. The van der Waals surface area contributed by atoms with Crippen LogP contribution in [0.5, 0.6) is 0 Å². The van der Waals surface area contributed by atoms with Gasteiger partial charge in [0.2, 0.25) is 0 Å². The Morgan fingerprint density at radius 1 is 1.04 bits per heavy atom. The fourth-order valence-corrected chi connectivity index (χ4v) is 4.13. The molecule has 2 aliphatic rings. The molecule has 0 bridgehead atoms. The van der Waals surface area contributed by atoms with E-state index in [1.807, 2.05) is 41.8 Å². The van der Waals surface area contributed by atoms with E-state index in [0.29, 0.717) is 6.54 Å². The Bertz CT molecular complexity index is 691. The van der Waals surface area contributed by atoms with Gasteiger partial charge in [-0.3, -0.25) is 4.79 Å². The minimum atomic E-state index is 0.0145. The molecule has 1 aromatic rings. The maximum Gasteiger partial charge on any atom is 0.317 e. The Labute approximate surface area is 168 Å². The molecule has 1 aromatic carbocycles. The third-order valence-electron chi connectivity index (χ3n) is 5.73. The fraction of sp³-hybridized carbons (Fsp3) is 0.636. The van der Waals surface area contributed by atoms with Crippen molar-refractivity contribution in [2.45, 2.75) is 45.1 Å². The topological polar surface area (TPSA) is 55.9 Å². The summed E-state index contributed by atoms with van der Waals surface area (Å²) in [5.41, 5.74) is 1.94. The molecule has 0 spiro atoms. The van der Waals surface area contributed by atoms with Gasteiger partial charge in [0.25, 0.3) is 5.91 Å². The molecule has 0 aliphatic carbocycles. The van der Waals surface area contributed by atoms with Crippen LogP contribution >= 0.6 is 0 Å². The minimum Gasteiger partial charge on any atom is -0.337 e. The zero-order valence-electron chi connectivity index (χ0n) is 17.5. The Kier molecular flexibility index (Phi) is 6.94. The predicted molar refractivity (Wildman–Crippen MR) is 112 cm³/mol. The smallest absolute Gasteiger partial charge is 0.317 e. The Morgan fingerprint density at radius 2 is 1.82 bits per heavy atom. The van der Waals surface area contributed by atoms with E-state index in [9.17, 15) is 9.59 Å². The van der Waals surface area contributed by atoms with Crippen LogP contribution < -0.4 is 5.32 Å². The van der Waals surface area contributed by atoms with Crippen molar-refractivity contribution >= 4 is 11.9 Å². The molecule has 154 valence electrons. The number of rotatable bonds is 3. The first kappa shape index (κ1) is 20.6. The largest absolute Gasteiger partial charge is 0.337 e. The lowest BCUT2D eigenvalue weighted by atomic mass is 9.89. The number of nitrogens with one attached hydrogen (secondary N) is 1. The summed E-state index contributed by atoms with van der Waals surface area (Å²) in [6.45, 7) is 9.05. The first-order valence-corrected chi connectivity index (χ1v) is 10.6. The van der Waals surface area contributed by atoms with Crippen LogP contribution in [0.2, 0.25) is 0 Å². The number of carbonyl (C=O) groups excluding carboxylic acids is 2. The molecule has 1 N–H and O–H groups in total. The molecular weight excluding hydrogens is 352 g/mol. The van der Waals surface area contributed by atoms with Crippen LogP contribution in [0.4, 0.5) is 4.79 Å². The summed E-state index contributed by atoms with van der Waals surface area (Å²) in [6, 6.07) is 8.21. The number of piperidine rings is 1. The van der Waals surface area contributed by atoms with Crippen LogP contribution in [0, 0.1) is 0 Å². The van der Waals surface area contributed by atoms with Crippen molar-refractivity contribution in [1.82, 2.24) is 20.0 Å². The molecule has 2 aliphatic heterocycles. The van der Waals surface area contributed by atoms with Gasteiger partial charge in [-0.1, -0.05) is 12.1 Å². The Morgan fingerprint density at radius 3 is 2.61 bits per heavy atom. The van der Waals surface area contributed by atoms with Gasteiger partial charge in [-0.25, -0.2) is 4.79 Å². The van der Waals surface area contributed by atoms with E-state index < -0.39 is 0 Å². The van der Waals surface area contributed by atoms with Crippen LogP contribution in [0.15, 0.2) is 24.3 Å². The summed E-state index contributed by atoms with van der Waals surface area (Å²) in [4.78, 5) is 31.6. The van der Waals surface area contributed by atoms with Crippen LogP contribution in [0.3, 0.4) is 0 Å². The van der Waals surface area contributed by atoms with Gasteiger partial charge in [-0.15, -0.1) is 0 Å². The molecule has 0 aromatic heterocycles. The van der Waals surface area contributed by atoms with E-state index in [0.717, 1.165) is 57.5 Å². The summed E-state index contributed by atoms with van der Waals surface area (Å²) >= 11 is 0. The number of likely N-dealkylation sites (tertiary alicyclic amines) is 1. The Balaban J connectivity index is 1.68. The van der Waals surface area contributed by atoms with Gasteiger partial charge in [0.15, 0.2) is 0 Å². The van der Waals surface area contributed by atoms with Gasteiger partial charge < -0.3 is 20.0 Å². The molecule has 28 heavy (non-hydrogen) atoms. The van der Waals surface area contributed by atoms with Crippen molar-refractivity contribution in [3.05, 3.63) is 35.4 Å². The van der Waals surface area contributed by atoms with Crippen LogP contribution in [-0.2, 0) is 0 Å². The lowest BCUT2D eigenvalue weighted by Crippen LogP contribution is -2.47. The van der Waals surface area contributed by atoms with Crippen molar-refractivity contribution in [1.29, 1.82) is 0 Å². The van der Waals surface area contributed by atoms with Gasteiger partial charge in [0, 0.05) is 50.2 Å². The van der Waals surface area contributed by atoms with Crippen LogP contribution in [0.1, 0.15) is 54.9 Å². The van der Waals surface area contributed by atoms with Crippen molar-refractivity contribution in [2.24, 2.45) is 0 Å².